The Morgan fingerprint density at radius 1 is 1.15 bits per heavy atom. The Balaban J connectivity index is 2.33. The smallest absolute Gasteiger partial charge is 0.230 e. The zero-order valence-corrected chi connectivity index (χ0v) is 8.21. The molecule has 0 aromatic rings. The van der Waals surface area contributed by atoms with E-state index >= 15 is 0 Å². The first-order valence-electron chi connectivity index (χ1n) is 5.03. The molecule has 0 aliphatic carbocycles. The predicted octanol–water partition coefficient (Wildman–Crippen LogP) is 1.37. The Labute approximate surface area is 79.1 Å². The van der Waals surface area contributed by atoms with Crippen LogP contribution in [0.5, 0.6) is 0 Å². The van der Waals surface area contributed by atoms with Crippen LogP contribution in [-0.2, 0) is 9.59 Å². The summed E-state index contributed by atoms with van der Waals surface area (Å²) in [7, 11) is 0. The summed E-state index contributed by atoms with van der Waals surface area (Å²) in [5.74, 6) is 0.0714. The summed E-state index contributed by atoms with van der Waals surface area (Å²) < 4.78 is 0. The minimum Gasteiger partial charge on any atom is -0.342 e. The second-order valence-corrected chi connectivity index (χ2v) is 3.51. The molecular weight excluding hydrogens is 166 g/mol. The standard InChI is InChI=1S/C10H17NO2/c1-2-9(12)8-10(13)11-6-4-3-5-7-11/h2-8H2,1H3. The molecule has 1 saturated heterocycles. The number of hydrogen-bond acceptors (Lipinski definition) is 2. The van der Waals surface area contributed by atoms with Gasteiger partial charge in [-0.1, -0.05) is 6.92 Å². The van der Waals surface area contributed by atoms with Gasteiger partial charge >= 0.3 is 0 Å². The molecule has 0 aromatic carbocycles. The Morgan fingerprint density at radius 3 is 2.31 bits per heavy atom. The maximum absolute atomic E-state index is 11.5. The van der Waals surface area contributed by atoms with Gasteiger partial charge in [0.2, 0.25) is 5.91 Å². The molecule has 0 saturated carbocycles. The van der Waals surface area contributed by atoms with Crippen LogP contribution < -0.4 is 0 Å². The fourth-order valence-electron chi connectivity index (χ4n) is 1.55. The Kier molecular flexibility index (Phi) is 3.93. The molecule has 0 bridgehead atoms. The second kappa shape index (κ2) is 5.00. The number of carbonyl (C=O) groups is 2. The summed E-state index contributed by atoms with van der Waals surface area (Å²) >= 11 is 0. The van der Waals surface area contributed by atoms with Crippen molar-refractivity contribution < 1.29 is 9.59 Å². The average Bonchev–Trinajstić information content (AvgIpc) is 2.19. The van der Waals surface area contributed by atoms with Gasteiger partial charge in [-0.3, -0.25) is 9.59 Å². The average molecular weight is 183 g/mol. The van der Waals surface area contributed by atoms with Crippen LogP contribution in [0.25, 0.3) is 0 Å². The largest absolute Gasteiger partial charge is 0.342 e. The third-order valence-corrected chi connectivity index (χ3v) is 2.45. The molecule has 3 heteroatoms. The van der Waals surface area contributed by atoms with Crippen LogP contribution in [0.3, 0.4) is 0 Å². The van der Waals surface area contributed by atoms with E-state index in [2.05, 4.69) is 0 Å². The number of likely N-dealkylation sites (tertiary alicyclic amines) is 1. The van der Waals surface area contributed by atoms with Crippen molar-refractivity contribution >= 4 is 11.7 Å². The molecule has 0 atom stereocenters. The van der Waals surface area contributed by atoms with Crippen LogP contribution in [0.15, 0.2) is 0 Å². The van der Waals surface area contributed by atoms with Crippen molar-refractivity contribution in [1.29, 1.82) is 0 Å². The van der Waals surface area contributed by atoms with E-state index in [4.69, 9.17) is 0 Å². The first kappa shape index (κ1) is 10.2. The van der Waals surface area contributed by atoms with Crippen molar-refractivity contribution in [3.05, 3.63) is 0 Å². The molecule has 0 spiro atoms. The molecule has 0 unspecified atom stereocenters. The maximum atomic E-state index is 11.5. The summed E-state index contributed by atoms with van der Waals surface area (Å²) in [5.41, 5.74) is 0. The molecule has 0 radical (unpaired) electrons. The number of carbonyl (C=O) groups excluding carboxylic acids is 2. The summed E-state index contributed by atoms with van der Waals surface area (Å²) in [6.45, 7) is 3.48. The molecule has 13 heavy (non-hydrogen) atoms. The van der Waals surface area contributed by atoms with E-state index in [0.717, 1.165) is 25.9 Å². The van der Waals surface area contributed by atoms with E-state index < -0.39 is 0 Å². The Bertz CT molecular complexity index is 195. The monoisotopic (exact) mass is 183 g/mol. The maximum Gasteiger partial charge on any atom is 0.230 e. The van der Waals surface area contributed by atoms with Gasteiger partial charge in [0.05, 0.1) is 6.42 Å². The van der Waals surface area contributed by atoms with Crippen molar-refractivity contribution in [3.8, 4) is 0 Å². The molecule has 1 fully saturated rings. The van der Waals surface area contributed by atoms with Gasteiger partial charge < -0.3 is 4.90 Å². The third-order valence-electron chi connectivity index (χ3n) is 2.45. The van der Waals surface area contributed by atoms with E-state index in [9.17, 15) is 9.59 Å². The van der Waals surface area contributed by atoms with Crippen LogP contribution >= 0.6 is 0 Å². The number of ketones is 1. The number of piperidine rings is 1. The summed E-state index contributed by atoms with van der Waals surface area (Å²) in [5, 5.41) is 0. The summed E-state index contributed by atoms with van der Waals surface area (Å²) in [6.07, 6.45) is 3.97. The molecule has 1 rings (SSSR count). The fraction of sp³-hybridized carbons (Fsp3) is 0.800. The van der Waals surface area contributed by atoms with E-state index in [0.29, 0.717) is 6.42 Å². The van der Waals surface area contributed by atoms with E-state index in [1.165, 1.54) is 6.42 Å². The number of nitrogens with zero attached hydrogens (tertiary/aromatic N) is 1. The normalized spacial score (nSPS) is 17.2. The highest BCUT2D eigenvalue weighted by atomic mass is 16.2. The lowest BCUT2D eigenvalue weighted by molar-refractivity contribution is -0.136. The quantitative estimate of drug-likeness (QED) is 0.620. The number of rotatable bonds is 3. The van der Waals surface area contributed by atoms with E-state index in [-0.39, 0.29) is 18.1 Å². The Morgan fingerprint density at radius 2 is 1.77 bits per heavy atom. The molecule has 0 aromatic heterocycles. The lowest BCUT2D eigenvalue weighted by atomic mass is 10.1. The van der Waals surface area contributed by atoms with Crippen LogP contribution in [-0.4, -0.2) is 29.7 Å². The van der Waals surface area contributed by atoms with Gasteiger partial charge in [0.25, 0.3) is 0 Å². The van der Waals surface area contributed by atoms with Gasteiger partial charge in [0.1, 0.15) is 5.78 Å². The zero-order valence-electron chi connectivity index (χ0n) is 8.21. The van der Waals surface area contributed by atoms with Gasteiger partial charge in [-0.15, -0.1) is 0 Å². The zero-order chi connectivity index (χ0) is 9.68. The number of Topliss-reactive ketones (excluding diaryl/α,β-unsaturated/α-hetero) is 1. The third kappa shape index (κ3) is 3.17. The topological polar surface area (TPSA) is 37.4 Å². The van der Waals surface area contributed by atoms with E-state index in [1.54, 1.807) is 6.92 Å². The van der Waals surface area contributed by atoms with Gasteiger partial charge in [0, 0.05) is 19.5 Å². The highest BCUT2D eigenvalue weighted by molar-refractivity contribution is 5.97. The molecule has 74 valence electrons. The van der Waals surface area contributed by atoms with Gasteiger partial charge in [-0.05, 0) is 19.3 Å². The minimum absolute atomic E-state index is 0.0200. The summed E-state index contributed by atoms with van der Waals surface area (Å²) in [4.78, 5) is 24.3. The summed E-state index contributed by atoms with van der Waals surface area (Å²) in [6, 6.07) is 0. The number of amides is 1. The van der Waals surface area contributed by atoms with Crippen molar-refractivity contribution in [2.75, 3.05) is 13.1 Å². The molecule has 1 heterocycles. The van der Waals surface area contributed by atoms with Crippen LogP contribution in [0.1, 0.15) is 39.0 Å². The van der Waals surface area contributed by atoms with Crippen LogP contribution in [0, 0.1) is 0 Å². The molecular formula is C10H17NO2. The SMILES string of the molecule is CCC(=O)CC(=O)N1CCCCC1. The van der Waals surface area contributed by atoms with Gasteiger partial charge in [0.15, 0.2) is 0 Å². The van der Waals surface area contributed by atoms with Crippen LogP contribution in [0.2, 0.25) is 0 Å². The van der Waals surface area contributed by atoms with Crippen molar-refractivity contribution in [2.45, 2.75) is 39.0 Å². The Hall–Kier alpha value is -0.860. The highest BCUT2D eigenvalue weighted by Gasteiger charge is 2.17. The molecule has 1 aliphatic heterocycles. The lowest BCUT2D eigenvalue weighted by Crippen LogP contribution is -2.36. The minimum atomic E-state index is 0.0200. The van der Waals surface area contributed by atoms with Crippen molar-refractivity contribution in [3.63, 3.8) is 0 Å². The molecule has 1 amide bonds. The molecule has 3 nitrogen and oxygen atoms in total. The number of hydrogen-bond donors (Lipinski definition) is 0. The van der Waals surface area contributed by atoms with Gasteiger partial charge in [-0.2, -0.15) is 0 Å². The fourth-order valence-corrected chi connectivity index (χ4v) is 1.55. The first-order valence-corrected chi connectivity index (χ1v) is 5.03. The van der Waals surface area contributed by atoms with Crippen molar-refractivity contribution in [1.82, 2.24) is 4.90 Å². The first-order chi connectivity index (χ1) is 6.24. The van der Waals surface area contributed by atoms with Crippen molar-refractivity contribution in [2.24, 2.45) is 0 Å². The highest BCUT2D eigenvalue weighted by Crippen LogP contribution is 2.10. The predicted molar refractivity (Wildman–Crippen MR) is 50.3 cm³/mol. The molecule has 1 aliphatic rings. The van der Waals surface area contributed by atoms with E-state index in [1.807, 2.05) is 4.90 Å². The second-order valence-electron chi connectivity index (χ2n) is 3.51. The van der Waals surface area contributed by atoms with Gasteiger partial charge in [-0.25, -0.2) is 0 Å². The lowest BCUT2D eigenvalue weighted by Gasteiger charge is -2.26. The van der Waals surface area contributed by atoms with Crippen LogP contribution in [0.4, 0.5) is 0 Å². The molecule has 0 N–H and O–H groups in total.